The van der Waals surface area contributed by atoms with E-state index in [-0.39, 0.29) is 11.9 Å². The molecule has 2 N–H and O–H groups in total. The van der Waals surface area contributed by atoms with Crippen molar-refractivity contribution in [2.24, 2.45) is 0 Å². The molecule has 5 nitrogen and oxygen atoms in total. The highest BCUT2D eigenvalue weighted by atomic mass is 16.5. The first-order chi connectivity index (χ1) is 13.2. The molecular weight excluding hydrogens is 338 g/mol. The van der Waals surface area contributed by atoms with E-state index in [9.17, 15) is 4.79 Å². The summed E-state index contributed by atoms with van der Waals surface area (Å²) in [5, 5.41) is 6.19. The van der Waals surface area contributed by atoms with Crippen LogP contribution in [0, 0.1) is 0 Å². The van der Waals surface area contributed by atoms with Gasteiger partial charge in [0, 0.05) is 11.9 Å². The molecule has 0 spiro atoms. The van der Waals surface area contributed by atoms with Crippen LogP contribution in [0.1, 0.15) is 35.8 Å². The first-order valence-corrected chi connectivity index (χ1v) is 8.97. The Labute approximate surface area is 159 Å². The van der Waals surface area contributed by atoms with Crippen molar-refractivity contribution < 1.29 is 9.53 Å². The van der Waals surface area contributed by atoms with Crippen molar-refractivity contribution in [3.8, 4) is 5.75 Å². The van der Waals surface area contributed by atoms with E-state index in [4.69, 9.17) is 4.74 Å². The zero-order chi connectivity index (χ0) is 19.1. The van der Waals surface area contributed by atoms with Crippen LogP contribution in [-0.4, -0.2) is 17.5 Å². The molecule has 5 heteroatoms. The number of aromatic nitrogens is 1. The molecule has 0 aliphatic rings. The first kappa shape index (κ1) is 18.5. The molecule has 3 rings (SSSR count). The number of hydrogen-bond donors (Lipinski definition) is 2. The van der Waals surface area contributed by atoms with Gasteiger partial charge in [-0.25, -0.2) is 4.98 Å². The first-order valence-electron chi connectivity index (χ1n) is 8.97. The average Bonchev–Trinajstić information content (AvgIpc) is 2.71. The minimum absolute atomic E-state index is 0.0691. The maximum Gasteiger partial charge on any atom is 0.253 e. The molecule has 1 atom stereocenters. The Morgan fingerprint density at radius 1 is 1.04 bits per heavy atom. The molecule has 0 saturated carbocycles. The van der Waals surface area contributed by atoms with Gasteiger partial charge in [-0.15, -0.1) is 0 Å². The molecule has 27 heavy (non-hydrogen) atoms. The van der Waals surface area contributed by atoms with Gasteiger partial charge in [-0.1, -0.05) is 30.3 Å². The second kappa shape index (κ2) is 8.85. The van der Waals surface area contributed by atoms with E-state index >= 15 is 0 Å². The third-order valence-electron chi connectivity index (χ3n) is 4.11. The number of nitrogens with one attached hydrogen (secondary N) is 2. The number of amides is 1. The van der Waals surface area contributed by atoms with Gasteiger partial charge in [0.15, 0.2) is 0 Å². The maximum absolute atomic E-state index is 12.4. The summed E-state index contributed by atoms with van der Waals surface area (Å²) in [5.41, 5.74) is 2.49. The molecule has 3 aromatic rings. The van der Waals surface area contributed by atoms with E-state index in [1.54, 1.807) is 18.3 Å². The SMILES string of the molecule is CCOc1ccc(Nc2ccc(C(=O)NC(C)c3ccccc3)cn2)cc1. The Bertz CT molecular complexity index is 862. The van der Waals surface area contributed by atoms with Gasteiger partial charge >= 0.3 is 0 Å². The largest absolute Gasteiger partial charge is 0.494 e. The Balaban J connectivity index is 1.60. The van der Waals surface area contributed by atoms with Crippen LogP contribution in [0.3, 0.4) is 0 Å². The monoisotopic (exact) mass is 361 g/mol. The predicted octanol–water partition coefficient (Wildman–Crippen LogP) is 4.71. The second-order valence-corrected chi connectivity index (χ2v) is 6.12. The summed E-state index contributed by atoms with van der Waals surface area (Å²) in [5.74, 6) is 1.36. The molecule has 1 aromatic heterocycles. The van der Waals surface area contributed by atoms with Crippen molar-refractivity contribution in [2.75, 3.05) is 11.9 Å². The van der Waals surface area contributed by atoms with Crippen molar-refractivity contribution in [1.29, 1.82) is 0 Å². The van der Waals surface area contributed by atoms with Crippen LogP contribution in [0.5, 0.6) is 5.75 Å². The topological polar surface area (TPSA) is 63.2 Å². The fourth-order valence-electron chi connectivity index (χ4n) is 2.66. The lowest BCUT2D eigenvalue weighted by molar-refractivity contribution is 0.0939. The minimum Gasteiger partial charge on any atom is -0.494 e. The van der Waals surface area contributed by atoms with Gasteiger partial charge in [-0.05, 0) is 55.8 Å². The summed E-state index contributed by atoms with van der Waals surface area (Å²) in [6, 6.07) is 21.0. The summed E-state index contributed by atoms with van der Waals surface area (Å²) >= 11 is 0. The third-order valence-corrected chi connectivity index (χ3v) is 4.11. The smallest absolute Gasteiger partial charge is 0.253 e. The molecule has 138 valence electrons. The molecule has 1 heterocycles. The maximum atomic E-state index is 12.4. The molecule has 2 aromatic carbocycles. The lowest BCUT2D eigenvalue weighted by Gasteiger charge is -2.14. The quantitative estimate of drug-likeness (QED) is 0.639. The van der Waals surface area contributed by atoms with Crippen LogP contribution in [0.15, 0.2) is 72.9 Å². The summed E-state index contributed by atoms with van der Waals surface area (Å²) < 4.78 is 5.43. The number of pyridine rings is 1. The minimum atomic E-state index is -0.147. The molecular formula is C22H23N3O2. The lowest BCUT2D eigenvalue weighted by Crippen LogP contribution is -2.26. The highest BCUT2D eigenvalue weighted by Gasteiger charge is 2.11. The van der Waals surface area contributed by atoms with Gasteiger partial charge in [-0.3, -0.25) is 4.79 Å². The summed E-state index contributed by atoms with van der Waals surface area (Å²) in [7, 11) is 0. The van der Waals surface area contributed by atoms with Crippen LogP contribution in [0.2, 0.25) is 0 Å². The predicted molar refractivity (Wildman–Crippen MR) is 107 cm³/mol. The summed E-state index contributed by atoms with van der Waals surface area (Å²) in [6.45, 7) is 4.55. The zero-order valence-corrected chi connectivity index (χ0v) is 15.5. The third kappa shape index (κ3) is 5.07. The highest BCUT2D eigenvalue weighted by Crippen LogP contribution is 2.19. The van der Waals surface area contributed by atoms with Crippen molar-refractivity contribution in [1.82, 2.24) is 10.3 Å². The standard InChI is InChI=1S/C22H23N3O2/c1-3-27-20-12-10-19(11-13-20)25-21-14-9-18(15-23-21)22(26)24-16(2)17-7-5-4-6-8-17/h4-16H,3H2,1-2H3,(H,23,25)(H,24,26). The van der Waals surface area contributed by atoms with Crippen molar-refractivity contribution >= 4 is 17.4 Å². The summed E-state index contributed by atoms with van der Waals surface area (Å²) in [6.07, 6.45) is 1.57. The van der Waals surface area contributed by atoms with Crippen molar-refractivity contribution in [3.63, 3.8) is 0 Å². The lowest BCUT2D eigenvalue weighted by atomic mass is 10.1. The molecule has 1 unspecified atom stereocenters. The van der Waals surface area contributed by atoms with Crippen LogP contribution in [0.25, 0.3) is 0 Å². The Morgan fingerprint density at radius 3 is 2.41 bits per heavy atom. The van der Waals surface area contributed by atoms with E-state index in [1.807, 2.05) is 68.4 Å². The molecule has 0 radical (unpaired) electrons. The van der Waals surface area contributed by atoms with Gasteiger partial charge < -0.3 is 15.4 Å². The Hall–Kier alpha value is -3.34. The average molecular weight is 361 g/mol. The molecule has 0 aliphatic carbocycles. The molecule has 0 bridgehead atoms. The highest BCUT2D eigenvalue weighted by molar-refractivity contribution is 5.94. The van der Waals surface area contributed by atoms with E-state index in [2.05, 4.69) is 15.6 Å². The number of carbonyl (C=O) groups is 1. The van der Waals surface area contributed by atoms with Gasteiger partial charge in [0.2, 0.25) is 0 Å². The molecule has 1 amide bonds. The normalized spacial score (nSPS) is 11.5. The van der Waals surface area contributed by atoms with Gasteiger partial charge in [-0.2, -0.15) is 0 Å². The van der Waals surface area contributed by atoms with Crippen molar-refractivity contribution in [2.45, 2.75) is 19.9 Å². The number of hydrogen-bond acceptors (Lipinski definition) is 4. The Morgan fingerprint density at radius 2 is 1.78 bits per heavy atom. The molecule has 0 aliphatic heterocycles. The fraction of sp³-hybridized carbons (Fsp3) is 0.182. The number of rotatable bonds is 7. The van der Waals surface area contributed by atoms with E-state index in [0.717, 1.165) is 17.0 Å². The fourth-order valence-corrected chi connectivity index (χ4v) is 2.66. The number of ether oxygens (including phenoxy) is 1. The van der Waals surface area contributed by atoms with Gasteiger partial charge in [0.05, 0.1) is 18.2 Å². The van der Waals surface area contributed by atoms with Crippen LogP contribution in [0.4, 0.5) is 11.5 Å². The van der Waals surface area contributed by atoms with Crippen molar-refractivity contribution in [3.05, 3.63) is 84.1 Å². The van der Waals surface area contributed by atoms with Crippen LogP contribution < -0.4 is 15.4 Å². The van der Waals surface area contributed by atoms with Gasteiger partial charge in [0.25, 0.3) is 5.91 Å². The molecule has 0 fully saturated rings. The number of anilines is 2. The second-order valence-electron chi connectivity index (χ2n) is 6.12. The van der Waals surface area contributed by atoms with E-state index in [0.29, 0.717) is 18.0 Å². The van der Waals surface area contributed by atoms with Crippen LogP contribution in [-0.2, 0) is 0 Å². The number of carbonyl (C=O) groups excluding carboxylic acids is 1. The molecule has 0 saturated heterocycles. The van der Waals surface area contributed by atoms with Gasteiger partial charge in [0.1, 0.15) is 11.6 Å². The van der Waals surface area contributed by atoms with Crippen LogP contribution >= 0.6 is 0 Å². The zero-order valence-electron chi connectivity index (χ0n) is 15.5. The van der Waals surface area contributed by atoms with E-state index < -0.39 is 0 Å². The Kier molecular flexibility index (Phi) is 6.05. The van der Waals surface area contributed by atoms with E-state index in [1.165, 1.54) is 0 Å². The number of nitrogens with zero attached hydrogens (tertiary/aromatic N) is 1. The summed E-state index contributed by atoms with van der Waals surface area (Å²) in [4.78, 5) is 16.7. The number of benzene rings is 2.